The molecular formula is C11H17N5O2. The third-order valence-electron chi connectivity index (χ3n) is 3.35. The van der Waals surface area contributed by atoms with Gasteiger partial charge in [0, 0.05) is 12.6 Å². The molecule has 1 aromatic heterocycles. The van der Waals surface area contributed by atoms with Crippen LogP contribution in [0.25, 0.3) is 0 Å². The van der Waals surface area contributed by atoms with Gasteiger partial charge in [0.15, 0.2) is 0 Å². The molecule has 2 rings (SSSR count). The molecule has 0 aromatic carbocycles. The van der Waals surface area contributed by atoms with E-state index in [1.54, 1.807) is 0 Å². The maximum atomic E-state index is 11.1. The van der Waals surface area contributed by atoms with E-state index in [4.69, 9.17) is 5.73 Å². The van der Waals surface area contributed by atoms with Crippen molar-refractivity contribution in [1.82, 2.24) is 9.97 Å². The van der Waals surface area contributed by atoms with Gasteiger partial charge in [-0.3, -0.25) is 10.1 Å². The van der Waals surface area contributed by atoms with Crippen LogP contribution in [0.3, 0.4) is 0 Å². The van der Waals surface area contributed by atoms with Gasteiger partial charge < -0.3 is 10.6 Å². The van der Waals surface area contributed by atoms with Crippen LogP contribution in [0.1, 0.15) is 26.7 Å². The molecule has 0 bridgehead atoms. The molecule has 2 heterocycles. The van der Waals surface area contributed by atoms with E-state index in [0.717, 1.165) is 19.4 Å². The molecule has 1 atom stereocenters. The number of hydrogen-bond donors (Lipinski definition) is 1. The molecule has 0 aliphatic carbocycles. The zero-order chi connectivity index (χ0) is 13.3. The average molecular weight is 251 g/mol. The second-order valence-corrected chi connectivity index (χ2v) is 4.84. The van der Waals surface area contributed by atoms with E-state index in [9.17, 15) is 10.1 Å². The summed E-state index contributed by atoms with van der Waals surface area (Å²) >= 11 is 0. The van der Waals surface area contributed by atoms with Gasteiger partial charge in [0.2, 0.25) is 11.6 Å². The number of hydrogen-bond acceptors (Lipinski definition) is 6. The maximum absolute atomic E-state index is 11.1. The van der Waals surface area contributed by atoms with Crippen molar-refractivity contribution in [2.75, 3.05) is 17.2 Å². The highest BCUT2D eigenvalue weighted by molar-refractivity contribution is 5.69. The minimum atomic E-state index is -0.500. The van der Waals surface area contributed by atoms with E-state index in [-0.39, 0.29) is 17.5 Å². The Morgan fingerprint density at radius 1 is 1.56 bits per heavy atom. The Hall–Kier alpha value is -1.92. The Kier molecular flexibility index (Phi) is 3.31. The number of nitrogen functional groups attached to an aromatic ring is 1. The summed E-state index contributed by atoms with van der Waals surface area (Å²) in [5.41, 5.74) is 5.42. The van der Waals surface area contributed by atoms with Gasteiger partial charge in [0.05, 0.1) is 4.92 Å². The fourth-order valence-corrected chi connectivity index (χ4v) is 2.52. The maximum Gasteiger partial charge on any atom is 0.353 e. The predicted molar refractivity (Wildman–Crippen MR) is 68.3 cm³/mol. The molecule has 0 radical (unpaired) electrons. The van der Waals surface area contributed by atoms with Gasteiger partial charge in [-0.15, -0.1) is 0 Å². The zero-order valence-corrected chi connectivity index (χ0v) is 10.5. The largest absolute Gasteiger partial charge is 0.378 e. The minimum Gasteiger partial charge on any atom is -0.378 e. The zero-order valence-electron chi connectivity index (χ0n) is 10.5. The average Bonchev–Trinajstić information content (AvgIpc) is 2.76. The van der Waals surface area contributed by atoms with Crippen molar-refractivity contribution < 1.29 is 4.92 Å². The predicted octanol–water partition coefficient (Wildman–Crippen LogP) is 1.59. The van der Waals surface area contributed by atoms with Gasteiger partial charge in [-0.1, -0.05) is 13.8 Å². The number of nitrogens with zero attached hydrogens (tertiary/aromatic N) is 4. The number of rotatable bonds is 3. The standard InChI is InChI=1S/C11H17N5O2/c1-7(2)8-4-3-5-15(8)11-9(16(17)18)10(12)13-6-14-11/h6-8H,3-5H2,1-2H3,(H2,12,13,14). The monoisotopic (exact) mass is 251 g/mol. The molecule has 0 saturated carbocycles. The number of nitro groups is 1. The van der Waals surface area contributed by atoms with Crippen molar-refractivity contribution in [2.24, 2.45) is 5.92 Å². The Morgan fingerprint density at radius 3 is 2.89 bits per heavy atom. The summed E-state index contributed by atoms with van der Waals surface area (Å²) in [5, 5.41) is 11.1. The summed E-state index contributed by atoms with van der Waals surface area (Å²) in [4.78, 5) is 20.4. The smallest absolute Gasteiger partial charge is 0.353 e. The Labute approximate surface area is 105 Å². The number of nitrogens with two attached hydrogens (primary N) is 1. The minimum absolute atomic E-state index is 0.0700. The first-order valence-corrected chi connectivity index (χ1v) is 6.04. The lowest BCUT2D eigenvalue weighted by atomic mass is 10.0. The molecule has 1 saturated heterocycles. The summed E-state index contributed by atoms with van der Waals surface area (Å²) in [6, 6.07) is 0.276. The van der Waals surface area contributed by atoms with Gasteiger partial charge in [-0.2, -0.15) is 0 Å². The van der Waals surface area contributed by atoms with E-state index < -0.39 is 4.92 Å². The lowest BCUT2D eigenvalue weighted by Crippen LogP contribution is -2.34. The van der Waals surface area contributed by atoms with Gasteiger partial charge in [0.25, 0.3) is 0 Å². The van der Waals surface area contributed by atoms with Crippen LogP contribution in [-0.2, 0) is 0 Å². The molecule has 7 heteroatoms. The SMILES string of the molecule is CC(C)C1CCCN1c1ncnc(N)c1[N+](=O)[O-]. The summed E-state index contributed by atoms with van der Waals surface area (Å²) in [6.07, 6.45) is 3.33. The van der Waals surface area contributed by atoms with E-state index in [1.165, 1.54) is 6.33 Å². The second-order valence-electron chi connectivity index (χ2n) is 4.84. The van der Waals surface area contributed by atoms with Crippen LogP contribution in [0.4, 0.5) is 17.3 Å². The molecule has 1 aliphatic heterocycles. The van der Waals surface area contributed by atoms with Crippen LogP contribution in [0, 0.1) is 16.0 Å². The Balaban J connectivity index is 2.44. The molecule has 1 unspecified atom stereocenters. The van der Waals surface area contributed by atoms with Crippen LogP contribution in [0.15, 0.2) is 6.33 Å². The molecule has 1 aromatic rings. The lowest BCUT2D eigenvalue weighted by molar-refractivity contribution is -0.383. The van der Waals surface area contributed by atoms with E-state index in [0.29, 0.717) is 11.7 Å². The molecule has 1 fully saturated rings. The van der Waals surface area contributed by atoms with Crippen LogP contribution < -0.4 is 10.6 Å². The quantitative estimate of drug-likeness (QED) is 0.647. The summed E-state index contributed by atoms with van der Waals surface area (Å²) in [5.74, 6) is 0.700. The third-order valence-corrected chi connectivity index (χ3v) is 3.35. The van der Waals surface area contributed by atoms with Gasteiger partial charge in [-0.05, 0) is 18.8 Å². The van der Waals surface area contributed by atoms with E-state index in [2.05, 4.69) is 23.8 Å². The molecule has 98 valence electrons. The highest BCUT2D eigenvalue weighted by Gasteiger charge is 2.34. The molecule has 18 heavy (non-hydrogen) atoms. The van der Waals surface area contributed by atoms with Gasteiger partial charge in [-0.25, -0.2) is 9.97 Å². The first-order chi connectivity index (χ1) is 8.52. The van der Waals surface area contributed by atoms with Crippen LogP contribution >= 0.6 is 0 Å². The number of anilines is 2. The molecule has 0 spiro atoms. The summed E-state index contributed by atoms with van der Waals surface area (Å²) < 4.78 is 0. The van der Waals surface area contributed by atoms with Gasteiger partial charge >= 0.3 is 5.69 Å². The first-order valence-electron chi connectivity index (χ1n) is 6.04. The fourth-order valence-electron chi connectivity index (χ4n) is 2.52. The van der Waals surface area contributed by atoms with Gasteiger partial charge in [0.1, 0.15) is 6.33 Å². The van der Waals surface area contributed by atoms with Crippen LogP contribution in [0.5, 0.6) is 0 Å². The first kappa shape index (κ1) is 12.5. The fraction of sp³-hybridized carbons (Fsp3) is 0.636. The highest BCUT2D eigenvalue weighted by atomic mass is 16.6. The van der Waals surface area contributed by atoms with Crippen molar-refractivity contribution in [3.05, 3.63) is 16.4 Å². The molecule has 2 N–H and O–H groups in total. The Morgan fingerprint density at radius 2 is 2.28 bits per heavy atom. The summed E-state index contributed by atoms with van der Waals surface area (Å²) in [6.45, 7) is 5.00. The molecule has 0 amide bonds. The normalized spacial score (nSPS) is 19.5. The van der Waals surface area contributed by atoms with E-state index >= 15 is 0 Å². The number of aromatic nitrogens is 2. The van der Waals surface area contributed by atoms with Crippen molar-refractivity contribution in [1.29, 1.82) is 0 Å². The third kappa shape index (κ3) is 2.07. The highest BCUT2D eigenvalue weighted by Crippen LogP contribution is 2.36. The lowest BCUT2D eigenvalue weighted by Gasteiger charge is -2.28. The van der Waals surface area contributed by atoms with E-state index in [1.807, 2.05) is 4.90 Å². The van der Waals surface area contributed by atoms with Crippen molar-refractivity contribution >= 4 is 17.3 Å². The molecule has 7 nitrogen and oxygen atoms in total. The van der Waals surface area contributed by atoms with Crippen LogP contribution in [-0.4, -0.2) is 27.5 Å². The van der Waals surface area contributed by atoms with Crippen molar-refractivity contribution in [2.45, 2.75) is 32.7 Å². The van der Waals surface area contributed by atoms with Crippen molar-refractivity contribution in [3.8, 4) is 0 Å². The molecular weight excluding hydrogens is 234 g/mol. The molecule has 1 aliphatic rings. The summed E-state index contributed by atoms with van der Waals surface area (Å²) in [7, 11) is 0. The second kappa shape index (κ2) is 4.75. The van der Waals surface area contributed by atoms with Crippen molar-refractivity contribution in [3.63, 3.8) is 0 Å². The Bertz CT molecular complexity index is 463. The topological polar surface area (TPSA) is 98.2 Å². The van der Waals surface area contributed by atoms with Crippen LogP contribution in [0.2, 0.25) is 0 Å².